The van der Waals surface area contributed by atoms with Gasteiger partial charge < -0.3 is 10.0 Å². The van der Waals surface area contributed by atoms with Crippen molar-refractivity contribution < 1.29 is 5.11 Å². The fraction of sp³-hybridized carbons (Fsp3) is 0.400. The van der Waals surface area contributed by atoms with Crippen LogP contribution in [0, 0.1) is 0 Å². The SMILES string of the molecule is OCc1ccc(N2CCC2)cc1Cl. The summed E-state index contributed by atoms with van der Waals surface area (Å²) in [6, 6.07) is 5.82. The van der Waals surface area contributed by atoms with Crippen molar-refractivity contribution in [1.82, 2.24) is 0 Å². The summed E-state index contributed by atoms with van der Waals surface area (Å²) < 4.78 is 0. The second kappa shape index (κ2) is 3.56. The standard InChI is InChI=1S/C10H12ClNO/c11-10-6-9(12-4-1-5-12)3-2-8(10)7-13/h2-3,6,13H,1,4-5,7H2. The second-order valence-corrected chi connectivity index (χ2v) is 3.68. The maximum absolute atomic E-state index is 8.92. The first-order valence-corrected chi connectivity index (χ1v) is 4.83. The normalized spacial score (nSPS) is 15.7. The van der Waals surface area contributed by atoms with Gasteiger partial charge in [-0.15, -0.1) is 0 Å². The second-order valence-electron chi connectivity index (χ2n) is 3.27. The van der Waals surface area contributed by atoms with E-state index in [4.69, 9.17) is 16.7 Å². The van der Waals surface area contributed by atoms with Gasteiger partial charge in [0.05, 0.1) is 6.61 Å². The zero-order chi connectivity index (χ0) is 9.26. The topological polar surface area (TPSA) is 23.5 Å². The number of rotatable bonds is 2. The minimum atomic E-state index is 0.0130. The Morgan fingerprint density at radius 1 is 1.38 bits per heavy atom. The van der Waals surface area contributed by atoms with Crippen molar-refractivity contribution in [3.8, 4) is 0 Å². The fourth-order valence-electron chi connectivity index (χ4n) is 1.44. The van der Waals surface area contributed by atoms with Crippen molar-refractivity contribution in [2.45, 2.75) is 13.0 Å². The van der Waals surface area contributed by atoms with Gasteiger partial charge in [0.1, 0.15) is 0 Å². The molecule has 1 aliphatic heterocycles. The maximum atomic E-state index is 8.92. The molecule has 3 heteroatoms. The molecule has 1 aromatic carbocycles. The van der Waals surface area contributed by atoms with Gasteiger partial charge in [-0.1, -0.05) is 17.7 Å². The molecule has 1 aliphatic rings. The first-order chi connectivity index (χ1) is 6.31. The molecule has 0 atom stereocenters. The number of halogens is 1. The van der Waals surface area contributed by atoms with Crippen LogP contribution in [0.15, 0.2) is 18.2 Å². The summed E-state index contributed by atoms with van der Waals surface area (Å²) in [6.07, 6.45) is 1.26. The van der Waals surface area contributed by atoms with Gasteiger partial charge in [0.25, 0.3) is 0 Å². The van der Waals surface area contributed by atoms with Gasteiger partial charge in [-0.3, -0.25) is 0 Å². The Bertz CT molecular complexity index is 310. The Kier molecular flexibility index (Phi) is 2.42. The van der Waals surface area contributed by atoms with Crippen LogP contribution in [0.5, 0.6) is 0 Å². The summed E-state index contributed by atoms with van der Waals surface area (Å²) in [5.74, 6) is 0. The highest BCUT2D eigenvalue weighted by Crippen LogP contribution is 2.26. The van der Waals surface area contributed by atoms with Crippen molar-refractivity contribution in [2.24, 2.45) is 0 Å². The first kappa shape index (κ1) is 8.85. The van der Waals surface area contributed by atoms with Gasteiger partial charge in [-0.25, -0.2) is 0 Å². The molecule has 1 aromatic rings. The molecule has 0 aliphatic carbocycles. The van der Waals surface area contributed by atoms with Crippen LogP contribution < -0.4 is 4.90 Å². The van der Waals surface area contributed by atoms with Crippen LogP contribution in [0.1, 0.15) is 12.0 Å². The predicted molar refractivity (Wildman–Crippen MR) is 54.2 cm³/mol. The third kappa shape index (κ3) is 1.64. The average Bonchev–Trinajstić information content (AvgIpc) is 2.01. The fourth-order valence-corrected chi connectivity index (χ4v) is 1.67. The molecule has 0 aromatic heterocycles. The quantitative estimate of drug-likeness (QED) is 0.785. The van der Waals surface area contributed by atoms with Crippen LogP contribution >= 0.6 is 11.6 Å². The summed E-state index contributed by atoms with van der Waals surface area (Å²) >= 11 is 5.97. The number of nitrogens with zero attached hydrogens (tertiary/aromatic N) is 1. The van der Waals surface area contributed by atoms with Gasteiger partial charge in [0.2, 0.25) is 0 Å². The number of aliphatic hydroxyl groups excluding tert-OH is 1. The lowest BCUT2D eigenvalue weighted by Gasteiger charge is -2.33. The summed E-state index contributed by atoms with van der Waals surface area (Å²) in [4.78, 5) is 2.27. The molecule has 1 N–H and O–H groups in total. The Morgan fingerprint density at radius 2 is 2.15 bits per heavy atom. The molecule has 1 saturated heterocycles. The minimum Gasteiger partial charge on any atom is -0.392 e. The van der Waals surface area contributed by atoms with Crippen molar-refractivity contribution >= 4 is 17.3 Å². The van der Waals surface area contributed by atoms with Gasteiger partial charge in [-0.05, 0) is 24.1 Å². The molecular formula is C10H12ClNO. The van der Waals surface area contributed by atoms with Crippen LogP contribution in [0.3, 0.4) is 0 Å². The number of hydrogen-bond donors (Lipinski definition) is 1. The van der Waals surface area contributed by atoms with Gasteiger partial charge in [-0.2, -0.15) is 0 Å². The zero-order valence-corrected chi connectivity index (χ0v) is 8.09. The maximum Gasteiger partial charge on any atom is 0.0696 e. The summed E-state index contributed by atoms with van der Waals surface area (Å²) in [5, 5.41) is 9.58. The van der Waals surface area contributed by atoms with Crippen molar-refractivity contribution in [3.05, 3.63) is 28.8 Å². The number of benzene rings is 1. The van der Waals surface area contributed by atoms with Gasteiger partial charge >= 0.3 is 0 Å². The molecule has 0 saturated carbocycles. The van der Waals surface area contributed by atoms with E-state index in [2.05, 4.69) is 4.90 Å². The average molecular weight is 198 g/mol. The highest BCUT2D eigenvalue weighted by atomic mass is 35.5. The summed E-state index contributed by atoms with van der Waals surface area (Å²) in [6.45, 7) is 2.25. The van der Waals surface area contributed by atoms with E-state index in [-0.39, 0.29) is 6.61 Å². The third-order valence-electron chi connectivity index (χ3n) is 2.43. The number of aliphatic hydroxyl groups is 1. The van der Waals surface area contributed by atoms with E-state index in [0.717, 1.165) is 24.3 Å². The Labute approximate surface area is 82.7 Å². The van der Waals surface area contributed by atoms with Crippen molar-refractivity contribution in [1.29, 1.82) is 0 Å². The lowest BCUT2D eigenvalue weighted by Crippen LogP contribution is -2.36. The molecule has 0 amide bonds. The zero-order valence-electron chi connectivity index (χ0n) is 7.33. The molecule has 0 bridgehead atoms. The molecule has 0 radical (unpaired) electrons. The summed E-state index contributed by atoms with van der Waals surface area (Å²) in [5.41, 5.74) is 1.96. The van der Waals surface area contributed by atoms with Gasteiger partial charge in [0.15, 0.2) is 0 Å². The molecular weight excluding hydrogens is 186 g/mol. The predicted octanol–water partition coefficient (Wildman–Crippen LogP) is 2.04. The van der Waals surface area contributed by atoms with Crippen LogP contribution in [-0.4, -0.2) is 18.2 Å². The third-order valence-corrected chi connectivity index (χ3v) is 2.78. The smallest absolute Gasteiger partial charge is 0.0696 e. The largest absolute Gasteiger partial charge is 0.392 e. The molecule has 1 fully saturated rings. The Morgan fingerprint density at radius 3 is 2.62 bits per heavy atom. The molecule has 0 spiro atoms. The van der Waals surface area contributed by atoms with Gasteiger partial charge in [0, 0.05) is 23.8 Å². The molecule has 2 nitrogen and oxygen atoms in total. The van der Waals surface area contributed by atoms with E-state index >= 15 is 0 Å². The van der Waals surface area contributed by atoms with E-state index in [1.165, 1.54) is 6.42 Å². The first-order valence-electron chi connectivity index (χ1n) is 4.45. The monoisotopic (exact) mass is 197 g/mol. The summed E-state index contributed by atoms with van der Waals surface area (Å²) in [7, 11) is 0. The Balaban J connectivity index is 2.24. The molecule has 2 rings (SSSR count). The number of anilines is 1. The Hall–Kier alpha value is -0.730. The molecule has 0 unspecified atom stereocenters. The van der Waals surface area contributed by atoms with E-state index in [1.54, 1.807) is 0 Å². The van der Waals surface area contributed by atoms with Crippen LogP contribution in [0.4, 0.5) is 5.69 Å². The highest BCUT2D eigenvalue weighted by Gasteiger charge is 2.14. The lowest BCUT2D eigenvalue weighted by molar-refractivity contribution is 0.282. The van der Waals surface area contributed by atoms with E-state index in [0.29, 0.717) is 5.02 Å². The van der Waals surface area contributed by atoms with Crippen molar-refractivity contribution in [2.75, 3.05) is 18.0 Å². The van der Waals surface area contributed by atoms with Crippen LogP contribution in [0.25, 0.3) is 0 Å². The number of hydrogen-bond acceptors (Lipinski definition) is 2. The minimum absolute atomic E-state index is 0.0130. The molecule has 70 valence electrons. The van der Waals surface area contributed by atoms with Crippen LogP contribution in [-0.2, 0) is 6.61 Å². The van der Waals surface area contributed by atoms with Crippen molar-refractivity contribution in [3.63, 3.8) is 0 Å². The lowest BCUT2D eigenvalue weighted by atomic mass is 10.1. The molecule has 13 heavy (non-hydrogen) atoms. The van der Waals surface area contributed by atoms with Crippen LogP contribution in [0.2, 0.25) is 5.02 Å². The molecule has 1 heterocycles. The van der Waals surface area contributed by atoms with E-state index in [1.807, 2.05) is 18.2 Å². The van der Waals surface area contributed by atoms with E-state index < -0.39 is 0 Å². The highest BCUT2D eigenvalue weighted by molar-refractivity contribution is 6.31. The van der Waals surface area contributed by atoms with E-state index in [9.17, 15) is 0 Å².